The maximum absolute atomic E-state index is 10.9. The number of hydrogen-bond acceptors (Lipinski definition) is 3. The van der Waals surface area contributed by atoms with Crippen molar-refractivity contribution < 1.29 is 9.84 Å². The van der Waals surface area contributed by atoms with Crippen LogP contribution < -0.4 is 0 Å². The highest BCUT2D eigenvalue weighted by Gasteiger charge is 2.54. The SMILES string of the molecule is CC1(C)CC(C(C)(O)c2cccs2)C(C)(C)O1. The van der Waals surface area contributed by atoms with Crippen LogP contribution >= 0.6 is 11.3 Å². The standard InChI is InChI=1S/C14H22O2S/c1-12(2)9-10(13(3,4)16-12)14(5,15)11-7-6-8-17-11/h6-8,10,15H,9H2,1-5H3. The van der Waals surface area contributed by atoms with Gasteiger partial charge in [-0.15, -0.1) is 11.3 Å². The van der Waals surface area contributed by atoms with Gasteiger partial charge in [-0.2, -0.15) is 0 Å². The fourth-order valence-corrected chi connectivity index (χ4v) is 4.02. The van der Waals surface area contributed by atoms with E-state index in [0.29, 0.717) is 0 Å². The molecule has 1 aliphatic rings. The Bertz CT molecular complexity index is 390. The quantitative estimate of drug-likeness (QED) is 0.874. The predicted molar refractivity (Wildman–Crippen MR) is 71.2 cm³/mol. The van der Waals surface area contributed by atoms with E-state index in [2.05, 4.69) is 27.7 Å². The third-order valence-electron chi connectivity index (χ3n) is 3.77. The molecule has 1 fully saturated rings. The molecule has 1 aliphatic heterocycles. The normalized spacial score (nSPS) is 30.1. The Morgan fingerprint density at radius 1 is 1.41 bits per heavy atom. The van der Waals surface area contributed by atoms with Gasteiger partial charge in [-0.05, 0) is 52.5 Å². The fraction of sp³-hybridized carbons (Fsp3) is 0.714. The summed E-state index contributed by atoms with van der Waals surface area (Å²) in [5.41, 5.74) is -1.27. The zero-order valence-corrected chi connectivity index (χ0v) is 12.1. The summed E-state index contributed by atoms with van der Waals surface area (Å²) >= 11 is 1.61. The van der Waals surface area contributed by atoms with Crippen LogP contribution in [0.5, 0.6) is 0 Å². The Hall–Kier alpha value is -0.380. The van der Waals surface area contributed by atoms with Gasteiger partial charge in [-0.1, -0.05) is 6.07 Å². The van der Waals surface area contributed by atoms with Gasteiger partial charge in [0.25, 0.3) is 0 Å². The van der Waals surface area contributed by atoms with E-state index in [1.165, 1.54) is 0 Å². The van der Waals surface area contributed by atoms with Gasteiger partial charge < -0.3 is 9.84 Å². The van der Waals surface area contributed by atoms with Crippen molar-refractivity contribution in [3.05, 3.63) is 22.4 Å². The summed E-state index contributed by atoms with van der Waals surface area (Å²) in [6.07, 6.45) is 0.880. The molecular weight excluding hydrogens is 232 g/mol. The molecule has 2 unspecified atom stereocenters. The maximum atomic E-state index is 10.9. The number of thiophene rings is 1. The summed E-state index contributed by atoms with van der Waals surface area (Å²) in [7, 11) is 0. The number of aliphatic hydroxyl groups is 1. The van der Waals surface area contributed by atoms with E-state index in [9.17, 15) is 5.11 Å². The molecule has 1 N–H and O–H groups in total. The minimum atomic E-state index is -0.814. The molecule has 1 saturated heterocycles. The van der Waals surface area contributed by atoms with Gasteiger partial charge in [0.15, 0.2) is 0 Å². The summed E-state index contributed by atoms with van der Waals surface area (Å²) in [6.45, 7) is 10.3. The van der Waals surface area contributed by atoms with Gasteiger partial charge in [-0.25, -0.2) is 0 Å². The van der Waals surface area contributed by atoms with E-state index in [0.717, 1.165) is 11.3 Å². The van der Waals surface area contributed by atoms with Gasteiger partial charge in [0, 0.05) is 10.8 Å². The summed E-state index contributed by atoms with van der Waals surface area (Å²) < 4.78 is 6.08. The average Bonchev–Trinajstić information content (AvgIpc) is 2.70. The molecule has 96 valence electrons. The van der Waals surface area contributed by atoms with Crippen molar-refractivity contribution in [2.24, 2.45) is 5.92 Å². The fourth-order valence-electron chi connectivity index (χ4n) is 3.18. The highest BCUT2D eigenvalue weighted by molar-refractivity contribution is 7.10. The molecule has 0 spiro atoms. The van der Waals surface area contributed by atoms with Crippen LogP contribution in [-0.4, -0.2) is 16.3 Å². The van der Waals surface area contributed by atoms with Gasteiger partial charge in [-0.3, -0.25) is 0 Å². The van der Waals surface area contributed by atoms with E-state index in [1.54, 1.807) is 11.3 Å². The van der Waals surface area contributed by atoms with Crippen LogP contribution in [0.3, 0.4) is 0 Å². The molecule has 2 atom stereocenters. The predicted octanol–water partition coefficient (Wildman–Crippen LogP) is 3.55. The molecule has 0 radical (unpaired) electrons. The van der Waals surface area contributed by atoms with Gasteiger partial charge >= 0.3 is 0 Å². The number of ether oxygens (including phenoxy) is 1. The van der Waals surface area contributed by atoms with Crippen LogP contribution in [0.4, 0.5) is 0 Å². The Morgan fingerprint density at radius 3 is 2.47 bits per heavy atom. The molecule has 0 aliphatic carbocycles. The zero-order valence-electron chi connectivity index (χ0n) is 11.3. The van der Waals surface area contributed by atoms with Crippen LogP contribution in [0.15, 0.2) is 17.5 Å². The number of hydrogen-bond donors (Lipinski definition) is 1. The molecule has 0 amide bonds. The first-order valence-corrected chi connectivity index (χ1v) is 7.00. The zero-order chi connectivity index (χ0) is 12.9. The summed E-state index contributed by atoms with van der Waals surface area (Å²) in [6, 6.07) is 3.99. The van der Waals surface area contributed by atoms with Crippen molar-refractivity contribution in [3.63, 3.8) is 0 Å². The Morgan fingerprint density at radius 2 is 2.06 bits per heavy atom. The van der Waals surface area contributed by atoms with Gasteiger partial charge in [0.05, 0.1) is 11.2 Å². The largest absolute Gasteiger partial charge is 0.384 e. The van der Waals surface area contributed by atoms with Gasteiger partial charge in [0.1, 0.15) is 5.60 Å². The highest BCUT2D eigenvalue weighted by Crippen LogP contribution is 2.50. The van der Waals surface area contributed by atoms with Crippen molar-refractivity contribution in [2.75, 3.05) is 0 Å². The Balaban J connectivity index is 2.34. The lowest BCUT2D eigenvalue weighted by atomic mass is 9.75. The molecule has 2 rings (SSSR count). The lowest BCUT2D eigenvalue weighted by molar-refractivity contribution is -0.109. The first-order valence-electron chi connectivity index (χ1n) is 6.12. The maximum Gasteiger partial charge on any atom is 0.102 e. The lowest BCUT2D eigenvalue weighted by Gasteiger charge is -2.37. The Kier molecular flexibility index (Phi) is 2.92. The molecule has 1 aromatic rings. The van der Waals surface area contributed by atoms with Crippen LogP contribution in [0.1, 0.15) is 45.9 Å². The van der Waals surface area contributed by atoms with Crippen LogP contribution in [0.25, 0.3) is 0 Å². The van der Waals surface area contributed by atoms with Crippen LogP contribution in [-0.2, 0) is 10.3 Å². The molecular formula is C14H22O2S. The van der Waals surface area contributed by atoms with E-state index in [4.69, 9.17) is 4.74 Å². The first kappa shape index (κ1) is 13.1. The topological polar surface area (TPSA) is 29.5 Å². The first-order chi connectivity index (χ1) is 7.65. The minimum absolute atomic E-state index is 0.114. The molecule has 0 aromatic carbocycles. The summed E-state index contributed by atoms with van der Waals surface area (Å²) in [4.78, 5) is 1.02. The molecule has 2 nitrogen and oxygen atoms in total. The van der Waals surface area contributed by atoms with E-state index < -0.39 is 5.60 Å². The smallest absolute Gasteiger partial charge is 0.102 e. The van der Waals surface area contributed by atoms with Crippen molar-refractivity contribution in [3.8, 4) is 0 Å². The van der Waals surface area contributed by atoms with Gasteiger partial charge in [0.2, 0.25) is 0 Å². The molecule has 0 saturated carbocycles. The van der Waals surface area contributed by atoms with Crippen molar-refractivity contribution in [2.45, 2.75) is 57.8 Å². The van der Waals surface area contributed by atoms with E-state index in [1.807, 2.05) is 24.4 Å². The van der Waals surface area contributed by atoms with E-state index in [-0.39, 0.29) is 17.1 Å². The molecule has 17 heavy (non-hydrogen) atoms. The van der Waals surface area contributed by atoms with E-state index >= 15 is 0 Å². The van der Waals surface area contributed by atoms with Crippen LogP contribution in [0, 0.1) is 5.92 Å². The Labute approximate surface area is 108 Å². The third kappa shape index (κ3) is 2.28. The third-order valence-corrected chi connectivity index (χ3v) is 4.87. The monoisotopic (exact) mass is 254 g/mol. The molecule has 0 bridgehead atoms. The van der Waals surface area contributed by atoms with Crippen molar-refractivity contribution in [1.82, 2.24) is 0 Å². The molecule has 1 aromatic heterocycles. The van der Waals surface area contributed by atoms with Crippen LogP contribution in [0.2, 0.25) is 0 Å². The second-order valence-electron chi connectivity index (χ2n) is 6.35. The number of rotatable bonds is 2. The highest BCUT2D eigenvalue weighted by atomic mass is 32.1. The summed E-state index contributed by atoms with van der Waals surface area (Å²) in [5, 5.41) is 12.9. The second-order valence-corrected chi connectivity index (χ2v) is 7.29. The minimum Gasteiger partial charge on any atom is -0.384 e. The molecule has 2 heterocycles. The van der Waals surface area contributed by atoms with Crippen molar-refractivity contribution in [1.29, 1.82) is 0 Å². The second kappa shape index (κ2) is 3.81. The average molecular weight is 254 g/mol. The molecule has 3 heteroatoms. The summed E-state index contributed by atoms with van der Waals surface area (Å²) in [5.74, 6) is 0.114. The lowest BCUT2D eigenvalue weighted by Crippen LogP contribution is -2.42. The van der Waals surface area contributed by atoms with Crippen molar-refractivity contribution >= 4 is 11.3 Å².